The maximum absolute atomic E-state index is 12.2. The summed E-state index contributed by atoms with van der Waals surface area (Å²) in [6.07, 6.45) is -2.15. The van der Waals surface area contributed by atoms with Gasteiger partial charge in [-0.1, -0.05) is 18.0 Å². The molecule has 0 saturated heterocycles. The van der Waals surface area contributed by atoms with E-state index in [2.05, 4.69) is 10.1 Å². The maximum atomic E-state index is 12.2. The lowest BCUT2D eigenvalue weighted by atomic mass is 9.79. The van der Waals surface area contributed by atoms with Gasteiger partial charge in [0.25, 0.3) is 0 Å². The summed E-state index contributed by atoms with van der Waals surface area (Å²) in [4.78, 5) is 14.6. The van der Waals surface area contributed by atoms with E-state index in [4.69, 9.17) is 9.63 Å². The Balaban J connectivity index is 2.06. The number of alkyl halides is 3. The number of hydrogen-bond acceptors (Lipinski definition) is 4. The van der Waals surface area contributed by atoms with E-state index in [1.54, 1.807) is 0 Å². The molecule has 0 aliphatic heterocycles. The highest BCUT2D eigenvalue weighted by atomic mass is 19.4. The number of carbonyl (C=O) groups is 1. The molecule has 5 nitrogen and oxygen atoms in total. The SMILES string of the molecule is O=C(O)CC1(Cc2nc(CC(F)(F)F)no2)CCCC1. The van der Waals surface area contributed by atoms with E-state index in [-0.39, 0.29) is 18.7 Å². The zero-order valence-corrected chi connectivity index (χ0v) is 10.7. The molecule has 0 atom stereocenters. The summed E-state index contributed by atoms with van der Waals surface area (Å²) in [7, 11) is 0. The van der Waals surface area contributed by atoms with Gasteiger partial charge in [0.2, 0.25) is 5.89 Å². The third kappa shape index (κ3) is 3.94. The number of halogens is 3. The van der Waals surface area contributed by atoms with Gasteiger partial charge in [0, 0.05) is 6.42 Å². The maximum Gasteiger partial charge on any atom is 0.396 e. The average molecular weight is 292 g/mol. The molecule has 2 rings (SSSR count). The zero-order chi connectivity index (χ0) is 14.8. The second kappa shape index (κ2) is 5.41. The van der Waals surface area contributed by atoms with Crippen molar-refractivity contribution >= 4 is 5.97 Å². The van der Waals surface area contributed by atoms with Crippen LogP contribution in [0.2, 0.25) is 0 Å². The molecule has 1 aliphatic rings. The molecule has 0 unspecified atom stereocenters. The molecule has 1 aromatic rings. The van der Waals surface area contributed by atoms with Crippen LogP contribution in [0.3, 0.4) is 0 Å². The first-order valence-corrected chi connectivity index (χ1v) is 6.38. The van der Waals surface area contributed by atoms with E-state index in [1.165, 1.54) is 0 Å². The number of carboxylic acid groups (broad SMARTS) is 1. The quantitative estimate of drug-likeness (QED) is 0.903. The van der Waals surface area contributed by atoms with Crippen LogP contribution in [0.4, 0.5) is 13.2 Å². The zero-order valence-electron chi connectivity index (χ0n) is 10.7. The Morgan fingerprint density at radius 2 is 2.00 bits per heavy atom. The molecule has 1 aromatic heterocycles. The van der Waals surface area contributed by atoms with Gasteiger partial charge in [-0.05, 0) is 18.3 Å². The first kappa shape index (κ1) is 14.8. The Kier molecular flexibility index (Phi) is 4.01. The van der Waals surface area contributed by atoms with Crippen LogP contribution >= 0.6 is 0 Å². The molecule has 112 valence electrons. The Labute approximate surface area is 113 Å². The highest BCUT2D eigenvalue weighted by molar-refractivity contribution is 5.67. The molecule has 0 spiro atoms. The summed E-state index contributed by atoms with van der Waals surface area (Å²) >= 11 is 0. The fraction of sp³-hybridized carbons (Fsp3) is 0.750. The van der Waals surface area contributed by atoms with E-state index < -0.39 is 29.8 Å². The summed E-state index contributed by atoms with van der Waals surface area (Å²) in [5, 5.41) is 12.3. The summed E-state index contributed by atoms with van der Waals surface area (Å²) in [5.74, 6) is -1.23. The van der Waals surface area contributed by atoms with Crippen LogP contribution in [0.5, 0.6) is 0 Å². The van der Waals surface area contributed by atoms with Crippen LogP contribution in [-0.4, -0.2) is 27.4 Å². The normalized spacial score (nSPS) is 18.4. The van der Waals surface area contributed by atoms with Crippen molar-refractivity contribution in [2.24, 2.45) is 5.41 Å². The molecule has 0 amide bonds. The van der Waals surface area contributed by atoms with Crippen molar-refractivity contribution in [3.8, 4) is 0 Å². The minimum atomic E-state index is -4.38. The fourth-order valence-electron chi connectivity index (χ4n) is 2.80. The number of rotatable bonds is 5. The van der Waals surface area contributed by atoms with Gasteiger partial charge in [-0.15, -0.1) is 0 Å². The number of aliphatic carboxylic acids is 1. The van der Waals surface area contributed by atoms with Crippen molar-refractivity contribution in [1.29, 1.82) is 0 Å². The van der Waals surface area contributed by atoms with Gasteiger partial charge in [-0.25, -0.2) is 0 Å². The standard InChI is InChI=1S/C12H15F3N2O3/c13-12(14,15)5-8-16-9(20-17-8)6-11(7-10(18)19)3-1-2-4-11/h1-7H2,(H,18,19). The molecule has 0 bridgehead atoms. The van der Waals surface area contributed by atoms with Gasteiger partial charge in [0.05, 0.1) is 6.42 Å². The first-order chi connectivity index (χ1) is 9.28. The monoisotopic (exact) mass is 292 g/mol. The molecule has 1 N–H and O–H groups in total. The number of nitrogens with zero attached hydrogens (tertiary/aromatic N) is 2. The molecule has 1 heterocycles. The molecule has 8 heteroatoms. The van der Waals surface area contributed by atoms with Crippen molar-refractivity contribution in [2.45, 2.75) is 51.1 Å². The fourth-order valence-corrected chi connectivity index (χ4v) is 2.80. The van der Waals surface area contributed by atoms with Crippen molar-refractivity contribution < 1.29 is 27.6 Å². The molecule has 1 saturated carbocycles. The number of hydrogen-bond donors (Lipinski definition) is 1. The molecule has 1 fully saturated rings. The molecular formula is C12H15F3N2O3. The van der Waals surface area contributed by atoms with Crippen molar-refractivity contribution in [3.63, 3.8) is 0 Å². The molecule has 20 heavy (non-hydrogen) atoms. The number of aromatic nitrogens is 2. The van der Waals surface area contributed by atoms with Crippen LogP contribution < -0.4 is 0 Å². The van der Waals surface area contributed by atoms with Crippen LogP contribution in [0.25, 0.3) is 0 Å². The average Bonchev–Trinajstić information content (AvgIpc) is 2.86. The lowest BCUT2D eigenvalue weighted by Crippen LogP contribution is -2.24. The first-order valence-electron chi connectivity index (χ1n) is 6.38. The summed E-state index contributed by atoms with van der Waals surface area (Å²) < 4.78 is 41.4. The van der Waals surface area contributed by atoms with Crippen LogP contribution in [0.1, 0.15) is 43.8 Å². The Bertz CT molecular complexity index is 479. The second-order valence-corrected chi connectivity index (χ2v) is 5.35. The topological polar surface area (TPSA) is 76.2 Å². The molecule has 0 radical (unpaired) electrons. The molecular weight excluding hydrogens is 277 g/mol. The van der Waals surface area contributed by atoms with E-state index in [1.807, 2.05) is 0 Å². The van der Waals surface area contributed by atoms with E-state index in [0.717, 1.165) is 25.7 Å². The third-order valence-corrected chi connectivity index (χ3v) is 3.59. The predicted octanol–water partition coefficient (Wildman–Crippen LogP) is 2.75. The lowest BCUT2D eigenvalue weighted by molar-refractivity contribution is -0.139. The van der Waals surface area contributed by atoms with Crippen molar-refractivity contribution in [3.05, 3.63) is 11.7 Å². The predicted molar refractivity (Wildman–Crippen MR) is 60.9 cm³/mol. The lowest BCUT2D eigenvalue weighted by Gasteiger charge is -2.24. The van der Waals surface area contributed by atoms with E-state index >= 15 is 0 Å². The molecule has 0 aromatic carbocycles. The largest absolute Gasteiger partial charge is 0.481 e. The highest BCUT2D eigenvalue weighted by Gasteiger charge is 2.38. The highest BCUT2D eigenvalue weighted by Crippen LogP contribution is 2.43. The van der Waals surface area contributed by atoms with E-state index in [9.17, 15) is 18.0 Å². The van der Waals surface area contributed by atoms with Gasteiger partial charge in [-0.2, -0.15) is 18.2 Å². The molecule has 1 aliphatic carbocycles. The Hall–Kier alpha value is -1.60. The van der Waals surface area contributed by atoms with Gasteiger partial charge >= 0.3 is 12.1 Å². The van der Waals surface area contributed by atoms with Crippen LogP contribution in [0, 0.1) is 5.41 Å². The summed E-state index contributed by atoms with van der Waals surface area (Å²) in [6.45, 7) is 0. The van der Waals surface area contributed by atoms with Crippen LogP contribution in [0.15, 0.2) is 4.52 Å². The summed E-state index contributed by atoms with van der Waals surface area (Å²) in [5.41, 5.74) is -0.464. The Morgan fingerprint density at radius 3 is 2.55 bits per heavy atom. The number of carboxylic acids is 1. The van der Waals surface area contributed by atoms with Gasteiger partial charge in [-0.3, -0.25) is 4.79 Å². The third-order valence-electron chi connectivity index (χ3n) is 3.59. The minimum absolute atomic E-state index is 0.0238. The van der Waals surface area contributed by atoms with Gasteiger partial charge in [0.15, 0.2) is 5.82 Å². The van der Waals surface area contributed by atoms with Gasteiger partial charge in [0.1, 0.15) is 6.42 Å². The minimum Gasteiger partial charge on any atom is -0.481 e. The van der Waals surface area contributed by atoms with E-state index in [0.29, 0.717) is 0 Å². The Morgan fingerprint density at radius 1 is 1.35 bits per heavy atom. The van der Waals surface area contributed by atoms with Gasteiger partial charge < -0.3 is 9.63 Å². The smallest absolute Gasteiger partial charge is 0.396 e. The van der Waals surface area contributed by atoms with Crippen molar-refractivity contribution in [1.82, 2.24) is 10.1 Å². The summed E-state index contributed by atoms with van der Waals surface area (Å²) in [6, 6.07) is 0. The second-order valence-electron chi connectivity index (χ2n) is 5.35. The van der Waals surface area contributed by atoms with Crippen molar-refractivity contribution in [2.75, 3.05) is 0 Å². The van der Waals surface area contributed by atoms with Crippen LogP contribution in [-0.2, 0) is 17.6 Å².